The Kier molecular flexibility index (Phi) is 3.43. The fraction of sp³-hybridized carbons (Fsp3) is 0.267. The van der Waals surface area contributed by atoms with E-state index in [2.05, 4.69) is 29.1 Å². The second kappa shape index (κ2) is 5.40. The second-order valence-corrected chi connectivity index (χ2v) is 5.18. The van der Waals surface area contributed by atoms with E-state index in [1.54, 1.807) is 10.9 Å². The lowest BCUT2D eigenvalue weighted by Gasteiger charge is -2.07. The third-order valence-corrected chi connectivity index (χ3v) is 3.23. The highest BCUT2D eigenvalue weighted by Crippen LogP contribution is 2.22. The van der Waals surface area contributed by atoms with Gasteiger partial charge in [-0.25, -0.2) is 9.67 Å². The fourth-order valence-electron chi connectivity index (χ4n) is 2.29. The van der Waals surface area contributed by atoms with E-state index in [0.29, 0.717) is 18.3 Å². The van der Waals surface area contributed by atoms with Crippen LogP contribution in [0, 0.1) is 0 Å². The number of rotatable bonds is 4. The monoisotopic (exact) mass is 283 g/mol. The Hall–Kier alpha value is -2.63. The highest BCUT2D eigenvalue weighted by molar-refractivity contribution is 5.52. The van der Waals surface area contributed by atoms with Crippen molar-refractivity contribution in [1.29, 1.82) is 0 Å². The molecule has 2 aromatic heterocycles. The molecule has 21 heavy (non-hydrogen) atoms. The van der Waals surface area contributed by atoms with Gasteiger partial charge in [-0.1, -0.05) is 37.3 Å². The molecule has 0 fully saturated rings. The third kappa shape index (κ3) is 2.65. The lowest BCUT2D eigenvalue weighted by molar-refractivity contribution is 0.562. The van der Waals surface area contributed by atoms with Gasteiger partial charge in [-0.3, -0.25) is 0 Å². The molecule has 0 atom stereocenters. The fourth-order valence-corrected chi connectivity index (χ4v) is 2.29. The first-order valence-corrected chi connectivity index (χ1v) is 6.84. The van der Waals surface area contributed by atoms with E-state index < -0.39 is 0 Å². The summed E-state index contributed by atoms with van der Waals surface area (Å²) in [5.41, 5.74) is 8.51. The van der Waals surface area contributed by atoms with Gasteiger partial charge in [-0.2, -0.15) is 0 Å². The smallest absolute Gasteiger partial charge is 0.226 e. The first kappa shape index (κ1) is 13.4. The lowest BCUT2D eigenvalue weighted by atomic mass is 10.1. The molecule has 0 aliphatic carbocycles. The molecule has 0 aliphatic rings. The van der Waals surface area contributed by atoms with Gasteiger partial charge < -0.3 is 10.2 Å². The summed E-state index contributed by atoms with van der Waals surface area (Å²) < 4.78 is 7.30. The Morgan fingerprint density at radius 3 is 2.71 bits per heavy atom. The third-order valence-electron chi connectivity index (χ3n) is 3.23. The second-order valence-electron chi connectivity index (χ2n) is 5.18. The molecule has 0 spiro atoms. The SMILES string of the molecule is CC(C)c1c(N)nnn1Cc1coc(-c2ccccc2)n1. The maximum atomic E-state index is 5.85. The Morgan fingerprint density at radius 1 is 1.24 bits per heavy atom. The highest BCUT2D eigenvalue weighted by Gasteiger charge is 2.15. The molecule has 6 nitrogen and oxygen atoms in total. The van der Waals surface area contributed by atoms with Gasteiger partial charge in [-0.05, 0) is 18.1 Å². The van der Waals surface area contributed by atoms with Crippen molar-refractivity contribution in [2.45, 2.75) is 26.3 Å². The topological polar surface area (TPSA) is 82.8 Å². The summed E-state index contributed by atoms with van der Waals surface area (Å²) >= 11 is 0. The van der Waals surface area contributed by atoms with Crippen molar-refractivity contribution in [2.24, 2.45) is 0 Å². The van der Waals surface area contributed by atoms with Crippen LogP contribution in [0.5, 0.6) is 0 Å². The van der Waals surface area contributed by atoms with E-state index in [9.17, 15) is 0 Å². The zero-order chi connectivity index (χ0) is 14.8. The van der Waals surface area contributed by atoms with E-state index in [-0.39, 0.29) is 5.92 Å². The molecular formula is C15H17N5O. The number of hydrogen-bond acceptors (Lipinski definition) is 5. The van der Waals surface area contributed by atoms with E-state index in [4.69, 9.17) is 10.2 Å². The average molecular weight is 283 g/mol. The summed E-state index contributed by atoms with van der Waals surface area (Å²) in [5, 5.41) is 8.01. The van der Waals surface area contributed by atoms with Crippen LogP contribution in [-0.2, 0) is 6.54 Å². The van der Waals surface area contributed by atoms with Gasteiger partial charge in [0.2, 0.25) is 5.89 Å². The summed E-state index contributed by atoms with van der Waals surface area (Å²) in [6.45, 7) is 4.61. The largest absolute Gasteiger partial charge is 0.444 e. The van der Waals surface area contributed by atoms with E-state index in [1.165, 1.54) is 0 Å². The van der Waals surface area contributed by atoms with Gasteiger partial charge in [0.05, 0.1) is 12.2 Å². The van der Waals surface area contributed by atoms with Crippen LogP contribution < -0.4 is 5.73 Å². The molecule has 3 aromatic rings. The van der Waals surface area contributed by atoms with Crippen molar-refractivity contribution in [3.05, 3.63) is 48.0 Å². The molecule has 0 saturated heterocycles. The highest BCUT2D eigenvalue weighted by atomic mass is 16.3. The first-order valence-electron chi connectivity index (χ1n) is 6.84. The molecule has 0 amide bonds. The van der Waals surface area contributed by atoms with Crippen LogP contribution in [0.4, 0.5) is 5.82 Å². The normalized spacial score (nSPS) is 11.2. The Morgan fingerprint density at radius 2 is 2.00 bits per heavy atom. The Balaban J connectivity index is 1.85. The van der Waals surface area contributed by atoms with Gasteiger partial charge in [0.15, 0.2) is 5.82 Å². The predicted molar refractivity (Wildman–Crippen MR) is 79.6 cm³/mol. The molecule has 3 rings (SSSR count). The minimum Gasteiger partial charge on any atom is -0.444 e. The number of anilines is 1. The number of hydrogen-bond donors (Lipinski definition) is 1. The zero-order valence-electron chi connectivity index (χ0n) is 12.0. The number of oxazole rings is 1. The van der Waals surface area contributed by atoms with Crippen molar-refractivity contribution in [3.63, 3.8) is 0 Å². The van der Waals surface area contributed by atoms with Crippen LogP contribution in [0.3, 0.4) is 0 Å². The quantitative estimate of drug-likeness (QED) is 0.796. The summed E-state index contributed by atoms with van der Waals surface area (Å²) in [6.07, 6.45) is 1.64. The summed E-state index contributed by atoms with van der Waals surface area (Å²) in [5.74, 6) is 1.32. The molecule has 0 saturated carbocycles. The van der Waals surface area contributed by atoms with Crippen LogP contribution in [0.15, 0.2) is 41.0 Å². The van der Waals surface area contributed by atoms with E-state index >= 15 is 0 Å². The minimum atomic E-state index is 0.250. The van der Waals surface area contributed by atoms with Gasteiger partial charge in [0, 0.05) is 5.56 Å². The minimum absolute atomic E-state index is 0.250. The lowest BCUT2D eigenvalue weighted by Crippen LogP contribution is -2.09. The number of benzene rings is 1. The summed E-state index contributed by atoms with van der Waals surface area (Å²) in [7, 11) is 0. The molecule has 0 unspecified atom stereocenters. The number of aromatic nitrogens is 4. The molecule has 2 heterocycles. The van der Waals surface area contributed by atoms with Crippen LogP contribution in [0.2, 0.25) is 0 Å². The number of nitrogen functional groups attached to an aromatic ring is 1. The molecule has 0 aliphatic heterocycles. The van der Waals surface area contributed by atoms with Crippen molar-refractivity contribution < 1.29 is 4.42 Å². The Labute approximate surface area is 122 Å². The maximum absolute atomic E-state index is 5.85. The van der Waals surface area contributed by atoms with Crippen molar-refractivity contribution >= 4 is 5.82 Å². The standard InChI is InChI=1S/C15H17N5O/c1-10(2)13-14(16)18-19-20(13)8-12-9-21-15(17-12)11-6-4-3-5-7-11/h3-7,9-10H,8,16H2,1-2H3. The number of nitrogens with two attached hydrogens (primary N) is 1. The summed E-state index contributed by atoms with van der Waals surface area (Å²) in [4.78, 5) is 4.49. The molecule has 108 valence electrons. The van der Waals surface area contributed by atoms with Crippen LogP contribution in [0.1, 0.15) is 31.2 Å². The van der Waals surface area contributed by atoms with Crippen molar-refractivity contribution in [3.8, 4) is 11.5 Å². The molecule has 6 heteroatoms. The van der Waals surface area contributed by atoms with Gasteiger partial charge in [0.1, 0.15) is 12.0 Å². The molecule has 0 bridgehead atoms. The van der Waals surface area contributed by atoms with Crippen molar-refractivity contribution in [1.82, 2.24) is 20.0 Å². The maximum Gasteiger partial charge on any atom is 0.226 e. The van der Waals surface area contributed by atoms with Crippen molar-refractivity contribution in [2.75, 3.05) is 5.73 Å². The van der Waals surface area contributed by atoms with Gasteiger partial charge in [0.25, 0.3) is 0 Å². The van der Waals surface area contributed by atoms with Crippen LogP contribution in [0.25, 0.3) is 11.5 Å². The van der Waals surface area contributed by atoms with E-state index in [1.807, 2.05) is 30.3 Å². The summed E-state index contributed by atoms with van der Waals surface area (Å²) in [6, 6.07) is 9.79. The Bertz CT molecular complexity index is 730. The molecule has 0 radical (unpaired) electrons. The molecular weight excluding hydrogens is 266 g/mol. The predicted octanol–water partition coefficient (Wildman–Crippen LogP) is 2.69. The zero-order valence-corrected chi connectivity index (χ0v) is 12.0. The van der Waals surface area contributed by atoms with Gasteiger partial charge in [-0.15, -0.1) is 5.10 Å². The van der Waals surface area contributed by atoms with Gasteiger partial charge >= 0.3 is 0 Å². The van der Waals surface area contributed by atoms with E-state index in [0.717, 1.165) is 17.0 Å². The van der Waals surface area contributed by atoms with Crippen LogP contribution in [-0.4, -0.2) is 20.0 Å². The number of nitrogens with zero attached hydrogens (tertiary/aromatic N) is 4. The molecule has 1 aromatic carbocycles. The average Bonchev–Trinajstić information content (AvgIpc) is 3.07. The first-order chi connectivity index (χ1) is 10.1. The molecule has 2 N–H and O–H groups in total. The van der Waals surface area contributed by atoms with Crippen LogP contribution >= 0.6 is 0 Å².